The van der Waals surface area contributed by atoms with E-state index in [1.807, 2.05) is 0 Å². The molecule has 1 aromatic heterocycles. The van der Waals surface area contributed by atoms with E-state index in [0.29, 0.717) is 18.6 Å². The van der Waals surface area contributed by atoms with Gasteiger partial charge in [-0.2, -0.15) is 0 Å². The van der Waals surface area contributed by atoms with E-state index in [0.717, 1.165) is 18.7 Å². The number of likely N-dealkylation sites (N-methyl/N-ethyl adjacent to an activating group) is 1. The van der Waals surface area contributed by atoms with E-state index in [4.69, 9.17) is 9.52 Å². The molecule has 2 aliphatic heterocycles. The smallest absolute Gasteiger partial charge is 0.372 e. The van der Waals surface area contributed by atoms with Crippen LogP contribution in [0.15, 0.2) is 16.7 Å². The minimum atomic E-state index is -0.978. The predicted octanol–water partition coefficient (Wildman–Crippen LogP) is 1.65. The minimum absolute atomic E-state index is 0.0859. The van der Waals surface area contributed by atoms with Gasteiger partial charge in [0, 0.05) is 37.3 Å². The van der Waals surface area contributed by atoms with Gasteiger partial charge in [0.1, 0.15) is 0 Å². The van der Waals surface area contributed by atoms with E-state index < -0.39 is 5.97 Å². The molecule has 2 fully saturated rings. The molecule has 0 amide bonds. The fraction of sp³-hybridized carbons (Fsp3) is 0.643. The molecule has 3 heterocycles. The van der Waals surface area contributed by atoms with Crippen LogP contribution in [-0.2, 0) is 6.54 Å². The maximum Gasteiger partial charge on any atom is 0.372 e. The van der Waals surface area contributed by atoms with Gasteiger partial charge in [0.25, 0.3) is 0 Å². The van der Waals surface area contributed by atoms with Gasteiger partial charge in [-0.05, 0) is 32.4 Å². The van der Waals surface area contributed by atoms with Crippen molar-refractivity contribution in [3.05, 3.63) is 23.7 Å². The molecular formula is C14H20N2O3. The molecule has 0 saturated carbocycles. The van der Waals surface area contributed by atoms with Crippen molar-refractivity contribution < 1.29 is 14.3 Å². The van der Waals surface area contributed by atoms with Crippen LogP contribution in [0, 0.1) is 0 Å². The Bertz CT molecular complexity index is 471. The van der Waals surface area contributed by atoms with Crippen LogP contribution in [0.3, 0.4) is 0 Å². The molecule has 0 radical (unpaired) electrons. The molecule has 3 rings (SSSR count). The number of carboxylic acid groups (broad SMARTS) is 1. The lowest BCUT2D eigenvalue weighted by atomic mass is 10.1. The Kier molecular flexibility index (Phi) is 3.33. The third kappa shape index (κ3) is 2.40. The van der Waals surface area contributed by atoms with Crippen LogP contribution in [-0.4, -0.2) is 53.1 Å². The van der Waals surface area contributed by atoms with E-state index in [2.05, 4.69) is 16.8 Å². The number of fused-ring (bicyclic) bond motifs is 2. The van der Waals surface area contributed by atoms with Crippen molar-refractivity contribution in [3.8, 4) is 0 Å². The van der Waals surface area contributed by atoms with Gasteiger partial charge in [-0.15, -0.1) is 0 Å². The summed E-state index contributed by atoms with van der Waals surface area (Å²) in [4.78, 5) is 15.9. The third-order valence-corrected chi connectivity index (χ3v) is 4.57. The Balaban J connectivity index is 1.70. The summed E-state index contributed by atoms with van der Waals surface area (Å²) >= 11 is 0. The minimum Gasteiger partial charge on any atom is -0.475 e. The number of likely N-dealkylation sites (tertiary alicyclic amines) is 1. The normalized spacial score (nSPS) is 28.5. The van der Waals surface area contributed by atoms with Crippen molar-refractivity contribution >= 4 is 5.97 Å². The molecule has 2 saturated heterocycles. The monoisotopic (exact) mass is 264 g/mol. The van der Waals surface area contributed by atoms with E-state index in [1.165, 1.54) is 25.5 Å². The first kappa shape index (κ1) is 12.7. The molecule has 104 valence electrons. The largest absolute Gasteiger partial charge is 0.475 e. The average molecular weight is 264 g/mol. The molecule has 2 atom stereocenters. The Hall–Kier alpha value is -1.33. The summed E-state index contributed by atoms with van der Waals surface area (Å²) in [5.74, 6) is -0.892. The lowest BCUT2D eigenvalue weighted by molar-refractivity contribution is 0.0659. The molecule has 1 aromatic rings. The van der Waals surface area contributed by atoms with Crippen molar-refractivity contribution in [3.63, 3.8) is 0 Å². The van der Waals surface area contributed by atoms with Crippen LogP contribution in [0.4, 0.5) is 0 Å². The fourth-order valence-corrected chi connectivity index (χ4v) is 3.41. The highest BCUT2D eigenvalue weighted by molar-refractivity contribution is 5.86. The third-order valence-electron chi connectivity index (χ3n) is 4.57. The number of hydrogen-bond donors (Lipinski definition) is 1. The van der Waals surface area contributed by atoms with Gasteiger partial charge in [-0.1, -0.05) is 0 Å². The predicted molar refractivity (Wildman–Crippen MR) is 70.1 cm³/mol. The van der Waals surface area contributed by atoms with Crippen molar-refractivity contribution in [1.29, 1.82) is 0 Å². The quantitative estimate of drug-likeness (QED) is 0.899. The molecular weight excluding hydrogens is 244 g/mol. The number of hydrogen-bond acceptors (Lipinski definition) is 4. The second-order valence-electron chi connectivity index (χ2n) is 5.65. The van der Waals surface area contributed by atoms with Gasteiger partial charge in [-0.25, -0.2) is 4.79 Å². The standard InChI is InChI=1S/C14H20N2O3/c1-15-11-2-3-12(15)9-16(6-4-11)8-10-5-7-19-13(10)14(17)18/h5,7,11-12H,2-4,6,8-9H2,1H3,(H,17,18). The van der Waals surface area contributed by atoms with Crippen LogP contribution in [0.5, 0.6) is 0 Å². The van der Waals surface area contributed by atoms with Crippen LogP contribution in [0.1, 0.15) is 35.4 Å². The van der Waals surface area contributed by atoms with Crippen molar-refractivity contribution in [1.82, 2.24) is 9.80 Å². The zero-order valence-electron chi connectivity index (χ0n) is 11.2. The van der Waals surface area contributed by atoms with Crippen LogP contribution < -0.4 is 0 Å². The molecule has 2 bridgehead atoms. The summed E-state index contributed by atoms with van der Waals surface area (Å²) in [6, 6.07) is 3.10. The highest BCUT2D eigenvalue weighted by Gasteiger charge is 2.34. The summed E-state index contributed by atoms with van der Waals surface area (Å²) in [7, 11) is 2.21. The van der Waals surface area contributed by atoms with Crippen LogP contribution in [0.2, 0.25) is 0 Å². The van der Waals surface area contributed by atoms with E-state index in [1.54, 1.807) is 6.07 Å². The Morgan fingerprint density at radius 2 is 2.21 bits per heavy atom. The van der Waals surface area contributed by atoms with Gasteiger partial charge in [-0.3, -0.25) is 9.80 Å². The average Bonchev–Trinajstić information content (AvgIpc) is 2.89. The molecule has 2 unspecified atom stereocenters. The molecule has 1 N–H and O–H groups in total. The second-order valence-corrected chi connectivity index (χ2v) is 5.65. The lowest BCUT2D eigenvalue weighted by Gasteiger charge is -2.25. The fourth-order valence-electron chi connectivity index (χ4n) is 3.41. The summed E-state index contributed by atoms with van der Waals surface area (Å²) in [5, 5.41) is 9.07. The van der Waals surface area contributed by atoms with Crippen LogP contribution >= 0.6 is 0 Å². The molecule has 5 heteroatoms. The van der Waals surface area contributed by atoms with Crippen LogP contribution in [0.25, 0.3) is 0 Å². The van der Waals surface area contributed by atoms with E-state index in [-0.39, 0.29) is 5.76 Å². The Labute approximate surface area is 112 Å². The molecule has 0 aromatic carbocycles. The van der Waals surface area contributed by atoms with E-state index in [9.17, 15) is 4.79 Å². The first-order chi connectivity index (χ1) is 9.15. The number of aromatic carboxylic acids is 1. The number of furan rings is 1. The molecule has 0 aliphatic carbocycles. The molecule has 5 nitrogen and oxygen atoms in total. The summed E-state index contributed by atoms with van der Waals surface area (Å²) in [6.07, 6.45) is 5.21. The van der Waals surface area contributed by atoms with E-state index >= 15 is 0 Å². The van der Waals surface area contributed by atoms with Crippen molar-refractivity contribution in [2.75, 3.05) is 20.1 Å². The first-order valence-electron chi connectivity index (χ1n) is 6.89. The topological polar surface area (TPSA) is 56.9 Å². The molecule has 0 spiro atoms. The van der Waals surface area contributed by atoms with Gasteiger partial charge in [0.15, 0.2) is 0 Å². The SMILES string of the molecule is CN1C2CCC1CN(Cc1ccoc1C(=O)O)CC2. The Morgan fingerprint density at radius 1 is 1.42 bits per heavy atom. The second kappa shape index (κ2) is 4.98. The summed E-state index contributed by atoms with van der Waals surface area (Å²) < 4.78 is 5.05. The van der Waals surface area contributed by atoms with Gasteiger partial charge in [0.05, 0.1) is 6.26 Å². The van der Waals surface area contributed by atoms with Crippen molar-refractivity contribution in [2.24, 2.45) is 0 Å². The highest BCUT2D eigenvalue weighted by atomic mass is 16.4. The number of carbonyl (C=O) groups is 1. The van der Waals surface area contributed by atoms with Gasteiger partial charge >= 0.3 is 5.97 Å². The first-order valence-corrected chi connectivity index (χ1v) is 6.89. The van der Waals surface area contributed by atoms with Crippen molar-refractivity contribution in [2.45, 2.75) is 37.9 Å². The summed E-state index contributed by atoms with van der Waals surface area (Å²) in [6.45, 7) is 2.74. The molecule has 2 aliphatic rings. The maximum absolute atomic E-state index is 11.1. The maximum atomic E-state index is 11.1. The molecule has 19 heavy (non-hydrogen) atoms. The zero-order chi connectivity index (χ0) is 13.4. The number of nitrogens with zero attached hydrogens (tertiary/aromatic N) is 2. The summed E-state index contributed by atoms with van der Waals surface area (Å²) in [5.41, 5.74) is 0.785. The van der Waals surface area contributed by atoms with Gasteiger partial charge < -0.3 is 9.52 Å². The number of rotatable bonds is 3. The lowest BCUT2D eigenvalue weighted by Crippen LogP contribution is -2.36. The van der Waals surface area contributed by atoms with Gasteiger partial charge in [0.2, 0.25) is 5.76 Å². The zero-order valence-corrected chi connectivity index (χ0v) is 11.2. The Morgan fingerprint density at radius 3 is 3.00 bits per heavy atom. The highest BCUT2D eigenvalue weighted by Crippen LogP contribution is 2.29. The number of carboxylic acids is 1.